The number of carbonyl (C=O) groups is 2. The lowest BCUT2D eigenvalue weighted by Crippen LogP contribution is -2.25. The molecule has 0 atom stereocenters. The van der Waals surface area contributed by atoms with Gasteiger partial charge in [-0.15, -0.1) is 0 Å². The van der Waals surface area contributed by atoms with Crippen LogP contribution in [0.3, 0.4) is 0 Å². The summed E-state index contributed by atoms with van der Waals surface area (Å²) >= 11 is 0. The van der Waals surface area contributed by atoms with Gasteiger partial charge in [0, 0.05) is 37.7 Å². The van der Waals surface area contributed by atoms with E-state index in [1.807, 2.05) is 42.5 Å². The predicted molar refractivity (Wildman–Crippen MR) is 101 cm³/mol. The second-order valence-electron chi connectivity index (χ2n) is 6.51. The number of benzene rings is 2. The number of nitrogens with zero attached hydrogens (tertiary/aromatic N) is 2. The maximum atomic E-state index is 12.3. The van der Waals surface area contributed by atoms with Crippen molar-refractivity contribution in [3.8, 4) is 0 Å². The average Bonchev–Trinajstić information content (AvgIpc) is 3.23. The number of aryl methyl sites for hydroxylation is 1. The first-order valence-corrected chi connectivity index (χ1v) is 8.74. The van der Waals surface area contributed by atoms with Gasteiger partial charge < -0.3 is 15.2 Å². The standard InChI is InChI=1S/C20H20N4O2/c1-13(25)24-11-10-14-12-15(6-7-18(14)24)21-20(26)9-8-19-22-16-4-2-3-5-17(16)23-19/h2-7,12H,8-11H2,1H3,(H,21,26)(H,22,23). The molecule has 2 aromatic carbocycles. The number of hydrogen-bond acceptors (Lipinski definition) is 3. The van der Waals surface area contributed by atoms with E-state index >= 15 is 0 Å². The van der Waals surface area contributed by atoms with Crippen LogP contribution in [0.5, 0.6) is 0 Å². The van der Waals surface area contributed by atoms with Crippen molar-refractivity contribution in [3.05, 3.63) is 53.9 Å². The summed E-state index contributed by atoms with van der Waals surface area (Å²) in [6.07, 6.45) is 1.73. The molecule has 0 fully saturated rings. The Hall–Kier alpha value is -3.15. The molecule has 2 N–H and O–H groups in total. The van der Waals surface area contributed by atoms with E-state index in [-0.39, 0.29) is 11.8 Å². The highest BCUT2D eigenvalue weighted by Crippen LogP contribution is 2.30. The number of amides is 2. The molecule has 1 aliphatic heterocycles. The van der Waals surface area contributed by atoms with Gasteiger partial charge in [-0.3, -0.25) is 9.59 Å². The van der Waals surface area contributed by atoms with E-state index in [2.05, 4.69) is 15.3 Å². The third-order valence-corrected chi connectivity index (χ3v) is 4.67. The SMILES string of the molecule is CC(=O)N1CCc2cc(NC(=O)CCc3nc4ccccc4[nH]3)ccc21. The largest absolute Gasteiger partial charge is 0.342 e. The molecular weight excluding hydrogens is 328 g/mol. The van der Waals surface area contributed by atoms with E-state index in [9.17, 15) is 9.59 Å². The Bertz CT molecular complexity index is 959. The predicted octanol–water partition coefficient (Wildman–Crippen LogP) is 3.04. The van der Waals surface area contributed by atoms with E-state index in [0.717, 1.165) is 40.2 Å². The number of rotatable bonds is 4. The van der Waals surface area contributed by atoms with E-state index in [0.29, 0.717) is 19.4 Å². The molecule has 6 heteroatoms. The highest BCUT2D eigenvalue weighted by Gasteiger charge is 2.22. The molecule has 0 saturated carbocycles. The molecule has 0 bridgehead atoms. The zero-order valence-electron chi connectivity index (χ0n) is 14.6. The molecule has 1 aliphatic rings. The van der Waals surface area contributed by atoms with Gasteiger partial charge in [-0.2, -0.15) is 0 Å². The Morgan fingerprint density at radius 1 is 1.23 bits per heavy atom. The van der Waals surface area contributed by atoms with Crippen LogP contribution in [0.25, 0.3) is 11.0 Å². The van der Waals surface area contributed by atoms with E-state index in [1.54, 1.807) is 11.8 Å². The van der Waals surface area contributed by atoms with Crippen LogP contribution in [0, 0.1) is 0 Å². The Balaban J connectivity index is 1.38. The smallest absolute Gasteiger partial charge is 0.224 e. The van der Waals surface area contributed by atoms with E-state index in [4.69, 9.17) is 0 Å². The summed E-state index contributed by atoms with van der Waals surface area (Å²) < 4.78 is 0. The number of H-pyrrole nitrogens is 1. The van der Waals surface area contributed by atoms with Crippen molar-refractivity contribution in [2.75, 3.05) is 16.8 Å². The first kappa shape index (κ1) is 16.3. The third kappa shape index (κ3) is 3.18. The summed E-state index contributed by atoms with van der Waals surface area (Å²) in [6.45, 7) is 2.27. The Labute approximate surface area is 151 Å². The number of fused-ring (bicyclic) bond motifs is 2. The van der Waals surface area contributed by atoms with E-state index in [1.165, 1.54) is 0 Å². The minimum absolute atomic E-state index is 0.0476. The molecule has 3 aromatic rings. The number of aromatic nitrogens is 2. The number of carbonyl (C=O) groups excluding carboxylic acids is 2. The molecule has 1 aromatic heterocycles. The Kier molecular flexibility index (Phi) is 4.16. The summed E-state index contributed by atoms with van der Waals surface area (Å²) in [4.78, 5) is 33.4. The normalized spacial score (nSPS) is 13.0. The van der Waals surface area contributed by atoms with Gasteiger partial charge in [-0.25, -0.2) is 4.98 Å². The van der Waals surface area contributed by atoms with Crippen molar-refractivity contribution >= 4 is 34.2 Å². The van der Waals surface area contributed by atoms with Gasteiger partial charge in [0.05, 0.1) is 11.0 Å². The maximum absolute atomic E-state index is 12.3. The van der Waals surface area contributed by atoms with Crippen LogP contribution < -0.4 is 10.2 Å². The highest BCUT2D eigenvalue weighted by atomic mass is 16.2. The molecule has 0 saturated heterocycles. The van der Waals surface area contributed by atoms with Gasteiger partial charge in [0.2, 0.25) is 11.8 Å². The zero-order chi connectivity index (χ0) is 18.1. The number of hydrogen-bond donors (Lipinski definition) is 2. The van der Waals surface area contributed by atoms with Crippen LogP contribution in [0.15, 0.2) is 42.5 Å². The topological polar surface area (TPSA) is 78.1 Å². The van der Waals surface area contributed by atoms with Crippen molar-refractivity contribution in [2.24, 2.45) is 0 Å². The molecule has 4 rings (SSSR count). The van der Waals surface area contributed by atoms with Crippen molar-refractivity contribution in [1.29, 1.82) is 0 Å². The molecule has 0 aliphatic carbocycles. The fourth-order valence-corrected chi connectivity index (χ4v) is 3.39. The molecule has 6 nitrogen and oxygen atoms in total. The fourth-order valence-electron chi connectivity index (χ4n) is 3.39. The lowest BCUT2D eigenvalue weighted by molar-refractivity contribution is -0.117. The molecule has 2 amide bonds. The number of nitrogens with one attached hydrogen (secondary N) is 2. The fraction of sp³-hybridized carbons (Fsp3) is 0.250. The van der Waals surface area contributed by atoms with Gasteiger partial charge in [0.1, 0.15) is 5.82 Å². The number of imidazole rings is 1. The third-order valence-electron chi connectivity index (χ3n) is 4.67. The molecular formula is C20H20N4O2. The maximum Gasteiger partial charge on any atom is 0.224 e. The van der Waals surface area contributed by atoms with Crippen molar-refractivity contribution < 1.29 is 9.59 Å². The average molecular weight is 348 g/mol. The minimum Gasteiger partial charge on any atom is -0.342 e. The molecule has 2 heterocycles. The van der Waals surface area contributed by atoms with Crippen LogP contribution in [0.1, 0.15) is 24.7 Å². The van der Waals surface area contributed by atoms with Gasteiger partial charge in [-0.1, -0.05) is 12.1 Å². The lowest BCUT2D eigenvalue weighted by Gasteiger charge is -2.15. The van der Waals surface area contributed by atoms with Gasteiger partial charge >= 0.3 is 0 Å². The molecule has 26 heavy (non-hydrogen) atoms. The van der Waals surface area contributed by atoms with Gasteiger partial charge in [0.15, 0.2) is 0 Å². The van der Waals surface area contributed by atoms with Crippen LogP contribution in [-0.2, 0) is 22.4 Å². The van der Waals surface area contributed by atoms with Crippen LogP contribution in [0.4, 0.5) is 11.4 Å². The molecule has 0 radical (unpaired) electrons. The highest BCUT2D eigenvalue weighted by molar-refractivity contribution is 5.95. The summed E-state index contributed by atoms with van der Waals surface area (Å²) in [5, 5.41) is 2.94. The Morgan fingerprint density at radius 3 is 2.88 bits per heavy atom. The summed E-state index contributed by atoms with van der Waals surface area (Å²) in [5.74, 6) is 0.811. The summed E-state index contributed by atoms with van der Waals surface area (Å²) in [6, 6.07) is 13.5. The minimum atomic E-state index is -0.0492. The monoisotopic (exact) mass is 348 g/mol. The van der Waals surface area contributed by atoms with E-state index < -0.39 is 0 Å². The van der Waals surface area contributed by atoms with Crippen molar-refractivity contribution in [2.45, 2.75) is 26.2 Å². The first-order valence-electron chi connectivity index (χ1n) is 8.74. The van der Waals surface area contributed by atoms with Crippen LogP contribution >= 0.6 is 0 Å². The van der Waals surface area contributed by atoms with Crippen molar-refractivity contribution in [3.63, 3.8) is 0 Å². The van der Waals surface area contributed by atoms with Gasteiger partial charge in [-0.05, 0) is 42.3 Å². The second kappa shape index (κ2) is 6.63. The quantitative estimate of drug-likeness (QED) is 0.761. The number of anilines is 2. The second-order valence-corrected chi connectivity index (χ2v) is 6.51. The van der Waals surface area contributed by atoms with Crippen molar-refractivity contribution in [1.82, 2.24) is 9.97 Å². The summed E-state index contributed by atoms with van der Waals surface area (Å²) in [7, 11) is 0. The van der Waals surface area contributed by atoms with Crippen LogP contribution in [0.2, 0.25) is 0 Å². The van der Waals surface area contributed by atoms with Crippen LogP contribution in [-0.4, -0.2) is 28.3 Å². The molecule has 132 valence electrons. The Morgan fingerprint density at radius 2 is 2.08 bits per heavy atom. The number of aromatic amines is 1. The summed E-state index contributed by atoms with van der Waals surface area (Å²) in [5.41, 5.74) is 4.70. The lowest BCUT2D eigenvalue weighted by atomic mass is 10.1. The first-order chi connectivity index (χ1) is 12.6. The zero-order valence-corrected chi connectivity index (χ0v) is 14.6. The van der Waals surface area contributed by atoms with Gasteiger partial charge in [0.25, 0.3) is 0 Å². The molecule has 0 spiro atoms. The molecule has 0 unspecified atom stereocenters. The number of para-hydroxylation sites is 2.